The first-order valence-corrected chi connectivity index (χ1v) is 12.5. The Balaban J connectivity index is 1.41. The number of nitrogens with one attached hydrogen (secondary N) is 1. The molecule has 1 fully saturated rings. The van der Waals surface area contributed by atoms with E-state index in [1.807, 2.05) is 12.1 Å². The van der Waals surface area contributed by atoms with Crippen LogP contribution in [0.2, 0.25) is 0 Å². The number of sulfonamides is 1. The van der Waals surface area contributed by atoms with E-state index in [2.05, 4.69) is 12.2 Å². The Morgan fingerprint density at radius 3 is 2.69 bits per heavy atom. The molecule has 8 heteroatoms. The maximum atomic E-state index is 13.2. The normalized spacial score (nSPS) is 20.5. The second-order valence-corrected chi connectivity index (χ2v) is 10.4. The van der Waals surface area contributed by atoms with E-state index in [1.54, 1.807) is 12.1 Å². The van der Waals surface area contributed by atoms with Crippen LogP contribution in [-0.2, 0) is 26.0 Å². The Morgan fingerprint density at radius 2 is 1.88 bits per heavy atom. The number of benzene rings is 2. The number of amides is 1. The highest BCUT2D eigenvalue weighted by Crippen LogP contribution is 2.32. The molecule has 0 bridgehead atoms. The Morgan fingerprint density at radius 1 is 1.09 bits per heavy atom. The van der Waals surface area contributed by atoms with Gasteiger partial charge in [0.2, 0.25) is 0 Å². The third kappa shape index (κ3) is 4.65. The minimum Gasteiger partial charge on any atom is -0.452 e. The molecule has 1 aliphatic carbocycles. The largest absolute Gasteiger partial charge is 0.452 e. The highest BCUT2D eigenvalue weighted by atomic mass is 32.2. The van der Waals surface area contributed by atoms with E-state index in [0.717, 1.165) is 24.8 Å². The van der Waals surface area contributed by atoms with Crippen molar-refractivity contribution in [2.75, 3.05) is 17.5 Å². The van der Waals surface area contributed by atoms with Crippen LogP contribution in [0.1, 0.15) is 48.5 Å². The number of nitrogens with zero attached hydrogens (tertiary/aromatic N) is 1. The van der Waals surface area contributed by atoms with Gasteiger partial charge in [0.25, 0.3) is 15.9 Å². The molecule has 1 heterocycles. The number of hydrogen-bond donors (Lipinski definition) is 1. The topological polar surface area (TPSA) is 92.8 Å². The van der Waals surface area contributed by atoms with E-state index in [1.165, 1.54) is 35.0 Å². The van der Waals surface area contributed by atoms with Gasteiger partial charge in [0.1, 0.15) is 0 Å². The fourth-order valence-corrected chi connectivity index (χ4v) is 6.01. The van der Waals surface area contributed by atoms with Gasteiger partial charge < -0.3 is 10.1 Å². The molecule has 4 rings (SSSR count). The molecule has 32 heavy (non-hydrogen) atoms. The van der Waals surface area contributed by atoms with E-state index in [0.29, 0.717) is 24.6 Å². The second kappa shape index (κ2) is 9.32. The highest BCUT2D eigenvalue weighted by Gasteiger charge is 2.31. The van der Waals surface area contributed by atoms with Gasteiger partial charge in [-0.15, -0.1) is 0 Å². The standard InChI is InChI=1S/C24H28N2O5S/c1-17-7-2-4-11-21(17)25-23(27)16-31-24(28)19-9-6-10-20(15-19)32(29,30)26-14-13-18-8-3-5-12-22(18)26/h3,5-6,8-10,12,15,17,21H,2,4,7,11,13-14,16H2,1H3,(H,25,27)/t17-,21+/m0/s1. The van der Waals surface area contributed by atoms with Crippen molar-refractivity contribution in [3.63, 3.8) is 0 Å². The summed E-state index contributed by atoms with van der Waals surface area (Å²) in [4.78, 5) is 24.7. The Hall–Kier alpha value is -2.87. The number of ether oxygens (including phenoxy) is 1. The molecular formula is C24H28N2O5S. The number of carbonyl (C=O) groups is 2. The first kappa shape index (κ1) is 22.3. The zero-order valence-corrected chi connectivity index (χ0v) is 18.9. The van der Waals surface area contributed by atoms with Gasteiger partial charge in [0.15, 0.2) is 6.61 Å². The molecule has 0 spiro atoms. The SMILES string of the molecule is C[C@H]1CCCC[C@H]1NC(=O)COC(=O)c1cccc(S(=O)(=O)N2CCc3ccccc32)c1. The number of esters is 1. The number of anilines is 1. The van der Waals surface area contributed by atoms with Crippen molar-refractivity contribution in [2.24, 2.45) is 5.92 Å². The van der Waals surface area contributed by atoms with Crippen LogP contribution < -0.4 is 9.62 Å². The molecule has 1 N–H and O–H groups in total. The first-order valence-electron chi connectivity index (χ1n) is 11.0. The van der Waals surface area contributed by atoms with E-state index in [-0.39, 0.29) is 22.4 Å². The van der Waals surface area contributed by atoms with Crippen molar-refractivity contribution in [3.05, 3.63) is 59.7 Å². The molecule has 0 aromatic heterocycles. The van der Waals surface area contributed by atoms with Crippen molar-refractivity contribution in [2.45, 2.75) is 50.0 Å². The van der Waals surface area contributed by atoms with Crippen LogP contribution in [0.4, 0.5) is 5.69 Å². The second-order valence-electron chi connectivity index (χ2n) is 8.50. The van der Waals surface area contributed by atoms with Gasteiger partial charge in [-0.05, 0) is 55.0 Å². The van der Waals surface area contributed by atoms with Crippen LogP contribution in [0, 0.1) is 5.92 Å². The highest BCUT2D eigenvalue weighted by molar-refractivity contribution is 7.92. The van der Waals surface area contributed by atoms with Gasteiger partial charge in [-0.3, -0.25) is 9.10 Å². The third-order valence-corrected chi connectivity index (χ3v) is 8.10. The average Bonchev–Trinajstić information content (AvgIpc) is 3.24. The minimum absolute atomic E-state index is 0.0177. The molecule has 2 atom stereocenters. The van der Waals surface area contributed by atoms with Gasteiger partial charge in [0.05, 0.1) is 16.1 Å². The summed E-state index contributed by atoms with van der Waals surface area (Å²) in [5, 5.41) is 2.94. The predicted octanol–water partition coefficient (Wildman–Crippen LogP) is 3.29. The lowest BCUT2D eigenvalue weighted by molar-refractivity contribution is -0.125. The maximum Gasteiger partial charge on any atom is 0.338 e. The van der Waals surface area contributed by atoms with Crippen LogP contribution in [-0.4, -0.2) is 39.5 Å². The van der Waals surface area contributed by atoms with Crippen LogP contribution in [0.3, 0.4) is 0 Å². The number of para-hydroxylation sites is 1. The van der Waals surface area contributed by atoms with E-state index in [4.69, 9.17) is 4.74 Å². The molecule has 1 aliphatic heterocycles. The Kier molecular flexibility index (Phi) is 6.50. The number of hydrogen-bond acceptors (Lipinski definition) is 5. The smallest absolute Gasteiger partial charge is 0.338 e. The zero-order chi connectivity index (χ0) is 22.7. The summed E-state index contributed by atoms with van der Waals surface area (Å²) in [6.07, 6.45) is 4.91. The molecule has 1 saturated carbocycles. The quantitative estimate of drug-likeness (QED) is 0.674. The number of rotatable bonds is 6. The summed E-state index contributed by atoms with van der Waals surface area (Å²) in [6.45, 7) is 2.08. The van der Waals surface area contributed by atoms with Crippen LogP contribution in [0.5, 0.6) is 0 Å². The molecule has 2 aliphatic rings. The van der Waals surface area contributed by atoms with Gasteiger partial charge in [0, 0.05) is 12.6 Å². The fraction of sp³-hybridized carbons (Fsp3) is 0.417. The van der Waals surface area contributed by atoms with E-state index in [9.17, 15) is 18.0 Å². The third-order valence-electron chi connectivity index (χ3n) is 6.29. The Labute approximate surface area is 188 Å². The summed E-state index contributed by atoms with van der Waals surface area (Å²) in [6, 6.07) is 13.3. The van der Waals surface area contributed by atoms with Gasteiger partial charge in [-0.25, -0.2) is 13.2 Å². The lowest BCUT2D eigenvalue weighted by Crippen LogP contribution is -2.42. The first-order chi connectivity index (χ1) is 15.4. The van der Waals surface area contributed by atoms with Gasteiger partial charge in [-0.1, -0.05) is 44.0 Å². The van der Waals surface area contributed by atoms with Crippen molar-refractivity contribution in [3.8, 4) is 0 Å². The fourth-order valence-electron chi connectivity index (χ4n) is 4.46. The molecule has 2 aromatic carbocycles. The number of fused-ring (bicyclic) bond motifs is 1. The van der Waals surface area contributed by atoms with Crippen molar-refractivity contribution < 1.29 is 22.7 Å². The lowest BCUT2D eigenvalue weighted by atomic mass is 9.86. The predicted molar refractivity (Wildman–Crippen MR) is 121 cm³/mol. The molecule has 0 unspecified atom stereocenters. The van der Waals surface area contributed by atoms with Gasteiger partial charge >= 0.3 is 5.97 Å². The summed E-state index contributed by atoms with van der Waals surface area (Å²) in [5.41, 5.74) is 1.73. The summed E-state index contributed by atoms with van der Waals surface area (Å²) in [7, 11) is -3.82. The molecule has 1 amide bonds. The van der Waals surface area contributed by atoms with E-state index >= 15 is 0 Å². The molecule has 7 nitrogen and oxygen atoms in total. The van der Waals surface area contributed by atoms with Crippen LogP contribution in [0.15, 0.2) is 53.4 Å². The van der Waals surface area contributed by atoms with Crippen LogP contribution in [0.25, 0.3) is 0 Å². The maximum absolute atomic E-state index is 13.2. The number of carbonyl (C=O) groups excluding carboxylic acids is 2. The van der Waals surface area contributed by atoms with Crippen LogP contribution >= 0.6 is 0 Å². The molecular weight excluding hydrogens is 428 g/mol. The average molecular weight is 457 g/mol. The van der Waals surface area contributed by atoms with Crippen molar-refractivity contribution in [1.82, 2.24) is 5.32 Å². The monoisotopic (exact) mass is 456 g/mol. The molecule has 0 radical (unpaired) electrons. The summed E-state index contributed by atoms with van der Waals surface area (Å²) < 4.78 is 32.9. The summed E-state index contributed by atoms with van der Waals surface area (Å²) >= 11 is 0. The van der Waals surface area contributed by atoms with Gasteiger partial charge in [-0.2, -0.15) is 0 Å². The van der Waals surface area contributed by atoms with Crippen molar-refractivity contribution >= 4 is 27.6 Å². The summed E-state index contributed by atoms with van der Waals surface area (Å²) in [5.74, 6) is -0.661. The molecule has 170 valence electrons. The van der Waals surface area contributed by atoms with E-state index < -0.39 is 22.6 Å². The Bertz CT molecular complexity index is 1110. The molecule has 0 saturated heterocycles. The lowest BCUT2D eigenvalue weighted by Gasteiger charge is -2.29. The minimum atomic E-state index is -3.82. The van der Waals surface area contributed by atoms with Crippen molar-refractivity contribution in [1.29, 1.82) is 0 Å². The molecule has 2 aromatic rings. The zero-order valence-electron chi connectivity index (χ0n) is 18.1.